The summed E-state index contributed by atoms with van der Waals surface area (Å²) in [6.45, 7) is 0.420. The second-order valence-electron chi connectivity index (χ2n) is 3.31. The molecule has 1 rings (SSSR count). The van der Waals surface area contributed by atoms with E-state index in [1.54, 1.807) is 12.1 Å². The van der Waals surface area contributed by atoms with Crippen LogP contribution in [0.2, 0.25) is 0 Å². The number of benzene rings is 1. The summed E-state index contributed by atoms with van der Waals surface area (Å²) in [6.07, 6.45) is 1.15. The molecule has 0 saturated carbocycles. The molecule has 0 aliphatic heterocycles. The molecule has 0 atom stereocenters. The molecule has 0 heterocycles. The zero-order valence-corrected chi connectivity index (χ0v) is 8.97. The van der Waals surface area contributed by atoms with Crippen molar-refractivity contribution in [3.63, 3.8) is 0 Å². The van der Waals surface area contributed by atoms with Gasteiger partial charge >= 0.3 is 0 Å². The highest BCUT2D eigenvalue weighted by Crippen LogP contribution is 2.17. The van der Waals surface area contributed by atoms with E-state index in [1.165, 1.54) is 0 Å². The number of nitrogens with two attached hydrogens (primary N) is 1. The third-order valence-corrected chi connectivity index (χ3v) is 2.11. The van der Waals surface area contributed by atoms with Gasteiger partial charge in [0.25, 0.3) is 0 Å². The highest BCUT2D eigenvalue weighted by molar-refractivity contribution is 5.79. The van der Waals surface area contributed by atoms with E-state index < -0.39 is 0 Å². The Labute approximate surface area is 94.1 Å². The van der Waals surface area contributed by atoms with Crippen molar-refractivity contribution in [3.05, 3.63) is 29.8 Å². The third kappa shape index (κ3) is 3.78. The van der Waals surface area contributed by atoms with Crippen molar-refractivity contribution < 1.29 is 15.1 Å². The second kappa shape index (κ2) is 6.68. The highest BCUT2D eigenvalue weighted by Gasteiger charge is 2.01. The SMILES string of the molecule is NC(CCCOc1ccccc1CO)=NO. The van der Waals surface area contributed by atoms with Crippen LogP contribution >= 0.6 is 0 Å². The molecule has 4 N–H and O–H groups in total. The van der Waals surface area contributed by atoms with Gasteiger partial charge in [-0.05, 0) is 12.5 Å². The molecule has 0 radical (unpaired) electrons. The van der Waals surface area contributed by atoms with Crippen molar-refractivity contribution in [2.24, 2.45) is 10.9 Å². The van der Waals surface area contributed by atoms with Crippen LogP contribution in [0.25, 0.3) is 0 Å². The smallest absolute Gasteiger partial charge is 0.139 e. The fraction of sp³-hybridized carbons (Fsp3) is 0.364. The van der Waals surface area contributed by atoms with Crippen molar-refractivity contribution in [1.29, 1.82) is 0 Å². The molecule has 0 amide bonds. The number of amidine groups is 1. The molecule has 0 aromatic heterocycles. The van der Waals surface area contributed by atoms with E-state index in [-0.39, 0.29) is 12.4 Å². The summed E-state index contributed by atoms with van der Waals surface area (Å²) >= 11 is 0. The fourth-order valence-corrected chi connectivity index (χ4v) is 1.26. The van der Waals surface area contributed by atoms with Crippen LogP contribution in [0.15, 0.2) is 29.4 Å². The minimum Gasteiger partial charge on any atom is -0.493 e. The summed E-state index contributed by atoms with van der Waals surface area (Å²) in [7, 11) is 0. The predicted molar refractivity (Wildman–Crippen MR) is 60.5 cm³/mol. The van der Waals surface area contributed by atoms with Crippen LogP contribution < -0.4 is 10.5 Å². The van der Waals surface area contributed by atoms with Crippen molar-refractivity contribution in [1.82, 2.24) is 0 Å². The summed E-state index contributed by atoms with van der Waals surface area (Å²) in [5.74, 6) is 0.864. The molecule has 5 nitrogen and oxygen atoms in total. The van der Waals surface area contributed by atoms with Crippen molar-refractivity contribution >= 4 is 5.84 Å². The lowest BCUT2D eigenvalue weighted by atomic mass is 10.2. The maximum Gasteiger partial charge on any atom is 0.139 e. The standard InChI is InChI=1S/C11H16N2O3/c12-11(13-15)6-3-7-16-10-5-2-1-4-9(10)8-14/h1-2,4-5,14-15H,3,6-8H2,(H2,12,13). The molecule has 0 saturated heterocycles. The summed E-state index contributed by atoms with van der Waals surface area (Å²) in [4.78, 5) is 0. The minimum absolute atomic E-state index is 0.0452. The van der Waals surface area contributed by atoms with Crippen LogP contribution in [0.5, 0.6) is 5.75 Å². The Morgan fingerprint density at radius 1 is 1.38 bits per heavy atom. The van der Waals surface area contributed by atoms with Gasteiger partial charge in [-0.1, -0.05) is 23.4 Å². The number of rotatable bonds is 6. The molecule has 1 aromatic carbocycles. The molecule has 16 heavy (non-hydrogen) atoms. The molecule has 0 aliphatic carbocycles. The lowest BCUT2D eigenvalue weighted by molar-refractivity contribution is 0.261. The largest absolute Gasteiger partial charge is 0.493 e. The van der Waals surface area contributed by atoms with E-state index in [2.05, 4.69) is 5.16 Å². The number of para-hydroxylation sites is 1. The summed E-state index contributed by atoms with van der Waals surface area (Å²) in [5.41, 5.74) is 6.07. The molecule has 88 valence electrons. The molecule has 5 heteroatoms. The van der Waals surface area contributed by atoms with Gasteiger partial charge in [-0.25, -0.2) is 0 Å². The monoisotopic (exact) mass is 224 g/mol. The first-order valence-electron chi connectivity index (χ1n) is 5.06. The van der Waals surface area contributed by atoms with Crippen molar-refractivity contribution in [3.8, 4) is 5.75 Å². The molecule has 1 aromatic rings. The van der Waals surface area contributed by atoms with Gasteiger partial charge in [-0.15, -0.1) is 0 Å². The number of nitrogens with zero attached hydrogens (tertiary/aromatic N) is 1. The maximum atomic E-state index is 9.05. The summed E-state index contributed by atoms with van der Waals surface area (Å²) in [5, 5.41) is 20.2. The maximum absolute atomic E-state index is 9.05. The Hall–Kier alpha value is -1.75. The minimum atomic E-state index is -0.0452. The van der Waals surface area contributed by atoms with Gasteiger partial charge in [-0.3, -0.25) is 0 Å². The number of aliphatic hydroxyl groups is 1. The average molecular weight is 224 g/mol. The number of ether oxygens (including phenoxy) is 1. The molecule has 0 bridgehead atoms. The van der Waals surface area contributed by atoms with E-state index in [9.17, 15) is 0 Å². The lowest BCUT2D eigenvalue weighted by Gasteiger charge is -2.09. The van der Waals surface area contributed by atoms with E-state index in [4.69, 9.17) is 20.8 Å². The van der Waals surface area contributed by atoms with Gasteiger partial charge in [0.05, 0.1) is 13.2 Å². The van der Waals surface area contributed by atoms with Crippen LogP contribution in [-0.2, 0) is 6.61 Å². The summed E-state index contributed by atoms with van der Waals surface area (Å²) < 4.78 is 5.47. The normalized spacial score (nSPS) is 11.4. The van der Waals surface area contributed by atoms with Crippen molar-refractivity contribution in [2.75, 3.05) is 6.61 Å². The lowest BCUT2D eigenvalue weighted by Crippen LogP contribution is -2.13. The molecular formula is C11H16N2O3. The zero-order valence-electron chi connectivity index (χ0n) is 8.97. The van der Waals surface area contributed by atoms with Crippen LogP contribution in [0.3, 0.4) is 0 Å². The Kier molecular flexibility index (Phi) is 5.15. The van der Waals surface area contributed by atoms with E-state index >= 15 is 0 Å². The molecular weight excluding hydrogens is 208 g/mol. The molecule has 0 aliphatic rings. The van der Waals surface area contributed by atoms with E-state index in [0.29, 0.717) is 25.2 Å². The van der Waals surface area contributed by atoms with Crippen molar-refractivity contribution in [2.45, 2.75) is 19.4 Å². The van der Waals surface area contributed by atoms with Gasteiger partial charge in [0.2, 0.25) is 0 Å². The highest BCUT2D eigenvalue weighted by atomic mass is 16.5. The third-order valence-electron chi connectivity index (χ3n) is 2.11. The van der Waals surface area contributed by atoms with Crippen LogP contribution in [0.1, 0.15) is 18.4 Å². The number of aliphatic hydroxyl groups excluding tert-OH is 1. The van der Waals surface area contributed by atoms with Gasteiger partial charge in [0.15, 0.2) is 0 Å². The Bertz CT molecular complexity index is 353. The first-order chi connectivity index (χ1) is 7.77. The van der Waals surface area contributed by atoms with E-state index in [0.717, 1.165) is 5.56 Å². The molecule has 0 unspecified atom stereocenters. The molecule has 0 fully saturated rings. The van der Waals surface area contributed by atoms with Gasteiger partial charge in [-0.2, -0.15) is 0 Å². The number of hydrogen-bond acceptors (Lipinski definition) is 4. The van der Waals surface area contributed by atoms with Gasteiger partial charge in [0.1, 0.15) is 11.6 Å². The summed E-state index contributed by atoms with van der Waals surface area (Å²) in [6, 6.07) is 7.29. The second-order valence-corrected chi connectivity index (χ2v) is 3.31. The Balaban J connectivity index is 2.37. The van der Waals surface area contributed by atoms with Crippen LogP contribution in [0, 0.1) is 0 Å². The molecule has 0 spiro atoms. The Morgan fingerprint density at radius 3 is 2.81 bits per heavy atom. The number of oxime groups is 1. The average Bonchev–Trinajstić information content (AvgIpc) is 2.34. The topological polar surface area (TPSA) is 88.1 Å². The van der Waals surface area contributed by atoms with Crippen LogP contribution in [0.4, 0.5) is 0 Å². The van der Waals surface area contributed by atoms with Gasteiger partial charge < -0.3 is 20.8 Å². The van der Waals surface area contributed by atoms with Crippen LogP contribution in [-0.4, -0.2) is 22.8 Å². The predicted octanol–water partition coefficient (Wildman–Crippen LogP) is 1.08. The first-order valence-corrected chi connectivity index (χ1v) is 5.06. The quantitative estimate of drug-likeness (QED) is 0.222. The van der Waals surface area contributed by atoms with E-state index in [1.807, 2.05) is 12.1 Å². The number of hydrogen-bond donors (Lipinski definition) is 3. The Morgan fingerprint density at radius 2 is 2.12 bits per heavy atom. The zero-order chi connectivity index (χ0) is 11.8. The van der Waals surface area contributed by atoms with Gasteiger partial charge in [0, 0.05) is 12.0 Å². The first kappa shape index (κ1) is 12.3. The fourth-order valence-electron chi connectivity index (χ4n) is 1.26.